The van der Waals surface area contributed by atoms with E-state index in [4.69, 9.17) is 16.3 Å². The van der Waals surface area contributed by atoms with E-state index < -0.39 is 6.04 Å². The van der Waals surface area contributed by atoms with Gasteiger partial charge in [-0.15, -0.1) is 0 Å². The smallest absolute Gasteiger partial charge is 0.258 e. The van der Waals surface area contributed by atoms with Gasteiger partial charge >= 0.3 is 0 Å². The van der Waals surface area contributed by atoms with Gasteiger partial charge in [0.25, 0.3) is 5.91 Å². The summed E-state index contributed by atoms with van der Waals surface area (Å²) in [6.45, 7) is 4.49. The number of likely N-dealkylation sites (tertiary alicyclic amines) is 1. The van der Waals surface area contributed by atoms with E-state index >= 15 is 0 Å². The molecule has 1 atom stereocenters. The number of ether oxygens (including phenoxy) is 1. The van der Waals surface area contributed by atoms with Crippen molar-refractivity contribution in [1.82, 2.24) is 4.90 Å². The van der Waals surface area contributed by atoms with E-state index in [1.165, 1.54) is 7.11 Å². The normalized spacial score (nSPS) is 16.3. The summed E-state index contributed by atoms with van der Waals surface area (Å²) in [5.74, 6) is 0.0336. The Bertz CT molecular complexity index is 882. The van der Waals surface area contributed by atoms with Gasteiger partial charge in [0.15, 0.2) is 0 Å². The molecule has 2 aromatic carbocycles. The van der Waals surface area contributed by atoms with Gasteiger partial charge in [0, 0.05) is 17.3 Å². The highest BCUT2D eigenvalue weighted by atomic mass is 35.5. The van der Waals surface area contributed by atoms with Crippen LogP contribution in [0.3, 0.4) is 0 Å². The van der Waals surface area contributed by atoms with Gasteiger partial charge in [-0.25, -0.2) is 0 Å². The minimum Gasteiger partial charge on any atom is -0.496 e. The summed E-state index contributed by atoms with van der Waals surface area (Å²) in [7, 11) is 1.51. The zero-order valence-corrected chi connectivity index (χ0v) is 16.5. The van der Waals surface area contributed by atoms with E-state index in [9.17, 15) is 9.59 Å². The second kappa shape index (κ2) is 8.01. The van der Waals surface area contributed by atoms with E-state index in [2.05, 4.69) is 5.32 Å². The quantitative estimate of drug-likeness (QED) is 0.856. The Morgan fingerprint density at radius 3 is 2.67 bits per heavy atom. The van der Waals surface area contributed by atoms with Crippen molar-refractivity contribution in [2.75, 3.05) is 19.0 Å². The van der Waals surface area contributed by atoms with Crippen LogP contribution in [0, 0.1) is 13.8 Å². The summed E-state index contributed by atoms with van der Waals surface area (Å²) < 4.78 is 5.29. The molecule has 0 saturated carbocycles. The number of hydrogen-bond donors (Lipinski definition) is 1. The first-order chi connectivity index (χ1) is 12.9. The lowest BCUT2D eigenvalue weighted by atomic mass is 10.1. The lowest BCUT2D eigenvalue weighted by Crippen LogP contribution is -2.43. The molecule has 2 amide bonds. The van der Waals surface area contributed by atoms with E-state index in [0.29, 0.717) is 29.3 Å². The van der Waals surface area contributed by atoms with Gasteiger partial charge < -0.3 is 15.0 Å². The second-order valence-corrected chi connectivity index (χ2v) is 7.25. The van der Waals surface area contributed by atoms with Crippen LogP contribution >= 0.6 is 11.6 Å². The van der Waals surface area contributed by atoms with Gasteiger partial charge in [-0.1, -0.05) is 29.3 Å². The molecule has 3 rings (SSSR count). The van der Waals surface area contributed by atoms with E-state index in [0.717, 1.165) is 23.2 Å². The molecular formula is C21H23ClN2O3. The van der Waals surface area contributed by atoms with Crippen molar-refractivity contribution >= 4 is 29.1 Å². The number of hydrogen-bond acceptors (Lipinski definition) is 3. The second-order valence-electron chi connectivity index (χ2n) is 6.81. The molecule has 5 nitrogen and oxygen atoms in total. The minimum absolute atomic E-state index is 0.172. The first kappa shape index (κ1) is 19.2. The molecule has 1 aliphatic heterocycles. The topological polar surface area (TPSA) is 58.6 Å². The molecule has 1 heterocycles. The Labute approximate surface area is 164 Å². The zero-order valence-electron chi connectivity index (χ0n) is 15.7. The molecule has 0 aliphatic carbocycles. The highest BCUT2D eigenvalue weighted by molar-refractivity contribution is 6.31. The number of methoxy groups -OCH3 is 1. The van der Waals surface area contributed by atoms with Gasteiger partial charge in [-0.2, -0.15) is 0 Å². The molecular weight excluding hydrogens is 364 g/mol. The van der Waals surface area contributed by atoms with Crippen molar-refractivity contribution in [3.63, 3.8) is 0 Å². The van der Waals surface area contributed by atoms with Crippen LogP contribution in [0.5, 0.6) is 5.75 Å². The Kier molecular flexibility index (Phi) is 5.71. The minimum atomic E-state index is -0.512. The fraction of sp³-hybridized carbons (Fsp3) is 0.333. The van der Waals surface area contributed by atoms with Gasteiger partial charge in [-0.3, -0.25) is 9.59 Å². The van der Waals surface area contributed by atoms with Crippen LogP contribution < -0.4 is 10.1 Å². The number of nitrogens with one attached hydrogen (secondary N) is 1. The van der Waals surface area contributed by atoms with Gasteiger partial charge in [-0.05, 0) is 56.5 Å². The Balaban J connectivity index is 1.81. The number of carbonyl (C=O) groups excluding carboxylic acids is 2. The molecule has 0 radical (unpaired) electrons. The number of aryl methyl sites for hydroxylation is 2. The summed E-state index contributed by atoms with van der Waals surface area (Å²) in [5.41, 5.74) is 3.27. The van der Waals surface area contributed by atoms with Crippen molar-refractivity contribution in [2.45, 2.75) is 32.7 Å². The van der Waals surface area contributed by atoms with Gasteiger partial charge in [0.05, 0.1) is 12.7 Å². The number of nitrogens with zero attached hydrogens (tertiary/aromatic N) is 1. The van der Waals surface area contributed by atoms with Crippen LogP contribution in [-0.2, 0) is 4.79 Å². The predicted octanol–water partition coefficient (Wildman–Crippen LogP) is 4.21. The fourth-order valence-electron chi connectivity index (χ4n) is 3.45. The van der Waals surface area contributed by atoms with E-state index in [-0.39, 0.29) is 11.8 Å². The maximum atomic E-state index is 13.1. The average Bonchev–Trinajstić information content (AvgIpc) is 3.13. The average molecular weight is 387 g/mol. The number of rotatable bonds is 4. The standard InChI is InChI=1S/C21H23ClN2O3/c1-13-6-8-17(14(2)11-13)23-20(25)18-5-4-10-24(18)21(26)16-12-15(22)7-9-19(16)27-3/h6-9,11-12,18H,4-5,10H2,1-3H3,(H,23,25)/t18-/m0/s1. The van der Waals surface area contributed by atoms with Crippen molar-refractivity contribution in [2.24, 2.45) is 0 Å². The summed E-state index contributed by atoms with van der Waals surface area (Å²) in [5, 5.41) is 3.42. The van der Waals surface area contributed by atoms with Crippen LogP contribution in [0.15, 0.2) is 36.4 Å². The van der Waals surface area contributed by atoms with Crippen LogP contribution in [0.1, 0.15) is 34.3 Å². The zero-order chi connectivity index (χ0) is 19.6. The molecule has 1 saturated heterocycles. The van der Waals surface area contributed by atoms with Crippen molar-refractivity contribution in [3.05, 3.63) is 58.1 Å². The number of anilines is 1. The largest absolute Gasteiger partial charge is 0.496 e. The molecule has 0 unspecified atom stereocenters. The van der Waals surface area contributed by atoms with Crippen LogP contribution in [-0.4, -0.2) is 36.4 Å². The molecule has 1 fully saturated rings. The highest BCUT2D eigenvalue weighted by Crippen LogP contribution is 2.28. The Hall–Kier alpha value is -2.53. The molecule has 0 aromatic heterocycles. The SMILES string of the molecule is COc1ccc(Cl)cc1C(=O)N1CCC[C@H]1C(=O)Nc1ccc(C)cc1C. The highest BCUT2D eigenvalue weighted by Gasteiger charge is 2.35. The molecule has 6 heteroatoms. The lowest BCUT2D eigenvalue weighted by Gasteiger charge is -2.25. The predicted molar refractivity (Wildman–Crippen MR) is 107 cm³/mol. The molecule has 1 N–H and O–H groups in total. The third-order valence-electron chi connectivity index (χ3n) is 4.85. The number of carbonyl (C=O) groups is 2. The van der Waals surface area contributed by atoms with Crippen molar-refractivity contribution < 1.29 is 14.3 Å². The summed E-state index contributed by atoms with van der Waals surface area (Å²) in [6.07, 6.45) is 1.41. The third kappa shape index (κ3) is 4.08. The monoisotopic (exact) mass is 386 g/mol. The number of amides is 2. The summed E-state index contributed by atoms with van der Waals surface area (Å²) in [6, 6.07) is 10.3. The Morgan fingerprint density at radius 2 is 1.96 bits per heavy atom. The molecule has 2 aromatic rings. The molecule has 142 valence electrons. The molecule has 0 bridgehead atoms. The number of benzene rings is 2. The van der Waals surface area contributed by atoms with Crippen molar-refractivity contribution in [3.8, 4) is 5.75 Å². The molecule has 27 heavy (non-hydrogen) atoms. The summed E-state index contributed by atoms with van der Waals surface area (Å²) in [4.78, 5) is 27.5. The Morgan fingerprint density at radius 1 is 1.19 bits per heavy atom. The maximum absolute atomic E-state index is 13.1. The van der Waals surface area contributed by atoms with Crippen LogP contribution in [0.2, 0.25) is 5.02 Å². The third-order valence-corrected chi connectivity index (χ3v) is 5.08. The van der Waals surface area contributed by atoms with Crippen LogP contribution in [0.25, 0.3) is 0 Å². The fourth-order valence-corrected chi connectivity index (χ4v) is 3.63. The van der Waals surface area contributed by atoms with E-state index in [1.54, 1.807) is 23.1 Å². The van der Waals surface area contributed by atoms with Gasteiger partial charge in [0.1, 0.15) is 11.8 Å². The van der Waals surface area contributed by atoms with Crippen molar-refractivity contribution in [1.29, 1.82) is 0 Å². The van der Waals surface area contributed by atoms with Crippen LogP contribution in [0.4, 0.5) is 5.69 Å². The number of halogens is 1. The first-order valence-corrected chi connectivity index (χ1v) is 9.31. The summed E-state index contributed by atoms with van der Waals surface area (Å²) >= 11 is 6.06. The lowest BCUT2D eigenvalue weighted by molar-refractivity contribution is -0.119. The first-order valence-electron chi connectivity index (χ1n) is 8.93. The van der Waals surface area contributed by atoms with Gasteiger partial charge in [0.2, 0.25) is 5.91 Å². The van der Waals surface area contributed by atoms with E-state index in [1.807, 2.05) is 32.0 Å². The molecule has 1 aliphatic rings. The maximum Gasteiger partial charge on any atom is 0.258 e. The molecule has 0 spiro atoms.